The Bertz CT molecular complexity index is 826. The van der Waals surface area contributed by atoms with Crippen LogP contribution in [0.4, 0.5) is 4.39 Å². The lowest BCUT2D eigenvalue weighted by atomic mass is 9.89. The van der Waals surface area contributed by atoms with Crippen molar-refractivity contribution in [1.82, 2.24) is 0 Å². The summed E-state index contributed by atoms with van der Waals surface area (Å²) in [5, 5.41) is 0. The Kier molecular flexibility index (Phi) is 4.92. The van der Waals surface area contributed by atoms with E-state index in [-0.39, 0.29) is 22.9 Å². The first-order chi connectivity index (χ1) is 12.6. The first kappa shape index (κ1) is 19.3. The zero-order chi connectivity index (χ0) is 19.9. The Morgan fingerprint density at radius 1 is 1.11 bits per heavy atom. The number of fused-ring (bicyclic) bond motifs is 1. The molecule has 0 amide bonds. The van der Waals surface area contributed by atoms with E-state index < -0.39 is 36.9 Å². The fraction of sp³-hybridized carbons (Fsp3) is 0.389. The van der Waals surface area contributed by atoms with Crippen molar-refractivity contribution < 1.29 is 37.6 Å². The van der Waals surface area contributed by atoms with Gasteiger partial charge in [0.15, 0.2) is 11.6 Å². The number of Topliss-reactive ketones (excluding diaryl/α,β-unsaturated/α-hetero) is 2. The molecule has 7 nitrogen and oxygen atoms in total. The second-order valence-electron chi connectivity index (χ2n) is 6.79. The molecule has 27 heavy (non-hydrogen) atoms. The number of carbonyl (C=O) groups excluding carboxylic acids is 3. The second-order valence-corrected chi connectivity index (χ2v) is 6.79. The van der Waals surface area contributed by atoms with Crippen molar-refractivity contribution in [3.05, 3.63) is 35.1 Å². The molecule has 0 aliphatic carbocycles. The van der Waals surface area contributed by atoms with E-state index in [9.17, 15) is 18.8 Å². The third-order valence-electron chi connectivity index (χ3n) is 4.10. The number of esters is 1. The molecule has 1 aromatic carbocycles. The molecule has 0 spiro atoms. The van der Waals surface area contributed by atoms with Gasteiger partial charge < -0.3 is 18.8 Å². The summed E-state index contributed by atoms with van der Waals surface area (Å²) in [4.78, 5) is 35.3. The molecule has 0 saturated carbocycles. The van der Waals surface area contributed by atoms with Crippen molar-refractivity contribution in [2.24, 2.45) is 0 Å². The SMILES string of the molecule is CC(=O)[C@@H]1OB(/C=C\c2ccc(F)c3c2OC(C)(C)OC3=O)O[C@H]1C(C)=O. The van der Waals surface area contributed by atoms with Crippen molar-refractivity contribution >= 4 is 30.7 Å². The van der Waals surface area contributed by atoms with Gasteiger partial charge in [0.25, 0.3) is 0 Å². The van der Waals surface area contributed by atoms with Crippen LogP contribution >= 0.6 is 0 Å². The highest BCUT2D eigenvalue weighted by Crippen LogP contribution is 2.36. The van der Waals surface area contributed by atoms with Crippen LogP contribution in [0.3, 0.4) is 0 Å². The van der Waals surface area contributed by atoms with Crippen LogP contribution in [-0.4, -0.2) is 42.6 Å². The number of ether oxygens (including phenoxy) is 2. The van der Waals surface area contributed by atoms with Crippen LogP contribution in [0.5, 0.6) is 5.75 Å². The normalized spacial score (nSPS) is 23.7. The van der Waals surface area contributed by atoms with Crippen LogP contribution in [0, 0.1) is 5.82 Å². The van der Waals surface area contributed by atoms with Crippen LogP contribution in [0.15, 0.2) is 18.1 Å². The molecule has 2 atom stereocenters. The van der Waals surface area contributed by atoms with E-state index >= 15 is 0 Å². The Hall–Kier alpha value is -2.52. The number of hydrogen-bond donors (Lipinski definition) is 0. The van der Waals surface area contributed by atoms with Gasteiger partial charge in [0.2, 0.25) is 5.79 Å². The summed E-state index contributed by atoms with van der Waals surface area (Å²) in [6.07, 6.45) is -0.453. The highest BCUT2D eigenvalue weighted by molar-refractivity contribution is 6.53. The monoisotopic (exact) mass is 376 g/mol. The third-order valence-corrected chi connectivity index (χ3v) is 4.10. The van der Waals surface area contributed by atoms with Gasteiger partial charge in [-0.3, -0.25) is 9.59 Å². The maximum absolute atomic E-state index is 14.0. The number of halogens is 1. The molecule has 0 radical (unpaired) electrons. The summed E-state index contributed by atoms with van der Waals surface area (Å²) in [5.74, 6) is -1.98. The molecule has 142 valence electrons. The minimum absolute atomic E-state index is 0.0386. The summed E-state index contributed by atoms with van der Waals surface area (Å²) in [5.41, 5.74) is 0.0990. The molecule has 0 aromatic heterocycles. The molecule has 2 aliphatic heterocycles. The molecule has 1 aromatic rings. The third kappa shape index (κ3) is 3.79. The number of carbonyl (C=O) groups is 3. The standard InChI is InChI=1S/C18H18BFO7/c1-9(21)14-15(10(2)22)27-19(26-14)8-7-11-5-6-12(20)13-16(11)24-18(3,4)25-17(13)23/h5-8,14-15H,1-4H3/b8-7-/t14-,15-/m0/s1. The van der Waals surface area contributed by atoms with E-state index in [2.05, 4.69) is 0 Å². The number of hydrogen-bond acceptors (Lipinski definition) is 7. The van der Waals surface area contributed by atoms with Crippen LogP contribution in [-0.2, 0) is 23.6 Å². The minimum atomic E-state index is -1.25. The lowest BCUT2D eigenvalue weighted by molar-refractivity contribution is -0.132. The van der Waals surface area contributed by atoms with E-state index in [1.807, 2.05) is 0 Å². The molecule has 2 heterocycles. The zero-order valence-electron chi connectivity index (χ0n) is 15.3. The first-order valence-corrected chi connectivity index (χ1v) is 8.34. The van der Waals surface area contributed by atoms with Gasteiger partial charge in [-0.25, -0.2) is 9.18 Å². The van der Waals surface area contributed by atoms with Gasteiger partial charge in [-0.15, -0.1) is 0 Å². The molecule has 1 fully saturated rings. The molecular weight excluding hydrogens is 358 g/mol. The first-order valence-electron chi connectivity index (χ1n) is 8.34. The Morgan fingerprint density at radius 3 is 2.26 bits per heavy atom. The fourth-order valence-corrected chi connectivity index (χ4v) is 2.90. The van der Waals surface area contributed by atoms with Crippen molar-refractivity contribution in [2.75, 3.05) is 0 Å². The van der Waals surface area contributed by atoms with Gasteiger partial charge in [0.05, 0.1) is 0 Å². The van der Waals surface area contributed by atoms with Crippen molar-refractivity contribution in [2.45, 2.75) is 45.7 Å². The van der Waals surface area contributed by atoms with Gasteiger partial charge >= 0.3 is 13.1 Å². The van der Waals surface area contributed by atoms with E-state index in [0.717, 1.165) is 6.07 Å². The lowest BCUT2D eigenvalue weighted by Gasteiger charge is -2.32. The molecule has 0 bridgehead atoms. The van der Waals surface area contributed by atoms with Gasteiger partial charge in [-0.05, 0) is 26.0 Å². The summed E-state index contributed by atoms with van der Waals surface area (Å²) in [7, 11) is -0.947. The van der Waals surface area contributed by atoms with Gasteiger partial charge in [0, 0.05) is 19.4 Å². The maximum atomic E-state index is 14.0. The zero-order valence-corrected chi connectivity index (χ0v) is 15.3. The second kappa shape index (κ2) is 6.90. The van der Waals surface area contributed by atoms with E-state index in [1.165, 1.54) is 45.8 Å². The summed E-state index contributed by atoms with van der Waals surface area (Å²) >= 11 is 0. The largest absolute Gasteiger partial charge is 0.487 e. The van der Waals surface area contributed by atoms with Crippen LogP contribution < -0.4 is 4.74 Å². The van der Waals surface area contributed by atoms with Crippen molar-refractivity contribution in [3.63, 3.8) is 0 Å². The molecule has 1 saturated heterocycles. The van der Waals surface area contributed by atoms with Gasteiger partial charge in [0.1, 0.15) is 29.3 Å². The summed E-state index contributed by atoms with van der Waals surface area (Å²) < 4.78 is 35.6. The summed E-state index contributed by atoms with van der Waals surface area (Å²) in [6, 6.07) is 2.55. The smallest absolute Gasteiger partial charge is 0.451 e. The Labute approximate surface area is 155 Å². The molecule has 3 rings (SSSR count). The van der Waals surface area contributed by atoms with Crippen molar-refractivity contribution in [3.8, 4) is 5.75 Å². The van der Waals surface area contributed by atoms with Crippen LogP contribution in [0.25, 0.3) is 6.08 Å². The molecule has 0 N–H and O–H groups in total. The maximum Gasteiger partial charge on any atom is 0.487 e. The molecule has 0 unspecified atom stereocenters. The number of benzene rings is 1. The van der Waals surface area contributed by atoms with E-state index in [4.69, 9.17) is 18.8 Å². The Morgan fingerprint density at radius 2 is 1.70 bits per heavy atom. The number of cyclic esters (lactones) is 1. The highest BCUT2D eigenvalue weighted by atomic mass is 19.1. The highest BCUT2D eigenvalue weighted by Gasteiger charge is 2.43. The fourth-order valence-electron chi connectivity index (χ4n) is 2.90. The van der Waals surface area contributed by atoms with E-state index in [0.29, 0.717) is 5.56 Å². The average Bonchev–Trinajstić information content (AvgIpc) is 2.97. The topological polar surface area (TPSA) is 88.1 Å². The van der Waals surface area contributed by atoms with Crippen LogP contribution in [0.2, 0.25) is 0 Å². The molecule has 9 heteroatoms. The van der Waals surface area contributed by atoms with Gasteiger partial charge in [-0.1, -0.05) is 12.1 Å². The van der Waals surface area contributed by atoms with Gasteiger partial charge in [-0.2, -0.15) is 0 Å². The van der Waals surface area contributed by atoms with E-state index in [1.54, 1.807) is 0 Å². The minimum Gasteiger partial charge on any atom is -0.451 e. The van der Waals surface area contributed by atoms with Crippen LogP contribution in [0.1, 0.15) is 43.6 Å². The quantitative estimate of drug-likeness (QED) is 0.588. The number of ketones is 2. The lowest BCUT2D eigenvalue weighted by Crippen LogP contribution is -2.39. The Balaban J connectivity index is 1.89. The van der Waals surface area contributed by atoms with Crippen molar-refractivity contribution in [1.29, 1.82) is 0 Å². The molecule has 2 aliphatic rings. The molecular formula is C18H18BFO7. The summed E-state index contributed by atoms with van der Waals surface area (Å²) in [6.45, 7) is 5.69. The average molecular weight is 376 g/mol. The predicted molar refractivity (Wildman–Crippen MR) is 92.4 cm³/mol. The number of rotatable bonds is 4. The predicted octanol–water partition coefficient (Wildman–Crippen LogP) is 2.11.